The fraction of sp³-hybridized carbons (Fsp3) is 0.235. The number of benzene rings is 2. The summed E-state index contributed by atoms with van der Waals surface area (Å²) >= 11 is 6.86. The van der Waals surface area contributed by atoms with E-state index in [4.69, 9.17) is 4.74 Å². The van der Waals surface area contributed by atoms with Crippen molar-refractivity contribution in [3.8, 4) is 5.75 Å². The average molecular weight is 427 g/mol. The van der Waals surface area contributed by atoms with Gasteiger partial charge < -0.3 is 10.1 Å². The van der Waals surface area contributed by atoms with Crippen LogP contribution < -0.4 is 10.1 Å². The molecule has 0 spiro atoms. The van der Waals surface area contributed by atoms with Gasteiger partial charge in [-0.1, -0.05) is 22.0 Å². The van der Waals surface area contributed by atoms with Crippen molar-refractivity contribution in [2.75, 3.05) is 11.9 Å². The summed E-state index contributed by atoms with van der Waals surface area (Å²) < 4.78 is 7.41. The highest BCUT2D eigenvalue weighted by Crippen LogP contribution is 2.32. The number of amides is 1. The highest BCUT2D eigenvalue weighted by molar-refractivity contribution is 9.11. The summed E-state index contributed by atoms with van der Waals surface area (Å²) in [5.74, 6) is 0.496. The van der Waals surface area contributed by atoms with Gasteiger partial charge in [-0.25, -0.2) is 0 Å². The van der Waals surface area contributed by atoms with Crippen molar-refractivity contribution >= 4 is 43.5 Å². The molecule has 0 fully saturated rings. The Morgan fingerprint density at radius 2 is 1.77 bits per heavy atom. The number of carbonyl (C=O) groups is 1. The monoisotopic (exact) mass is 425 g/mol. The predicted molar refractivity (Wildman–Crippen MR) is 96.6 cm³/mol. The van der Waals surface area contributed by atoms with Crippen molar-refractivity contribution in [1.82, 2.24) is 0 Å². The van der Waals surface area contributed by atoms with Crippen LogP contribution in [0.15, 0.2) is 39.3 Å². The molecule has 2 aromatic carbocycles. The lowest BCUT2D eigenvalue weighted by Crippen LogP contribution is -2.20. The minimum atomic E-state index is -0.183. The van der Waals surface area contributed by atoms with Crippen LogP contribution in [0, 0.1) is 20.8 Å². The van der Waals surface area contributed by atoms with E-state index in [9.17, 15) is 4.79 Å². The minimum Gasteiger partial charge on any atom is -0.482 e. The van der Waals surface area contributed by atoms with Crippen LogP contribution in [0.25, 0.3) is 0 Å². The Morgan fingerprint density at radius 3 is 2.41 bits per heavy atom. The Bertz CT molecular complexity index is 691. The van der Waals surface area contributed by atoms with E-state index in [1.807, 2.05) is 51.1 Å². The minimum absolute atomic E-state index is 0.0337. The third-order valence-electron chi connectivity index (χ3n) is 3.33. The van der Waals surface area contributed by atoms with Gasteiger partial charge in [-0.3, -0.25) is 4.79 Å². The maximum absolute atomic E-state index is 12.0. The van der Waals surface area contributed by atoms with E-state index >= 15 is 0 Å². The summed E-state index contributed by atoms with van der Waals surface area (Å²) in [4.78, 5) is 12.0. The zero-order valence-corrected chi connectivity index (χ0v) is 15.8. The number of rotatable bonds is 4. The van der Waals surface area contributed by atoms with Crippen LogP contribution in [0.1, 0.15) is 16.7 Å². The first kappa shape index (κ1) is 17.0. The van der Waals surface area contributed by atoms with Gasteiger partial charge in [-0.15, -0.1) is 0 Å². The predicted octanol–water partition coefficient (Wildman–Crippen LogP) is 5.15. The normalized spacial score (nSPS) is 10.4. The lowest BCUT2D eigenvalue weighted by Gasteiger charge is -2.12. The molecule has 0 heterocycles. The lowest BCUT2D eigenvalue weighted by atomic mass is 10.1. The number of hydrogen-bond donors (Lipinski definition) is 1. The summed E-state index contributed by atoms with van der Waals surface area (Å²) in [6.45, 7) is 5.96. The highest BCUT2D eigenvalue weighted by atomic mass is 79.9. The third kappa shape index (κ3) is 4.34. The fourth-order valence-electron chi connectivity index (χ4n) is 2.03. The summed E-state index contributed by atoms with van der Waals surface area (Å²) in [5.41, 5.74) is 4.08. The number of anilines is 1. The van der Waals surface area contributed by atoms with Crippen molar-refractivity contribution < 1.29 is 9.53 Å². The quantitative estimate of drug-likeness (QED) is 0.733. The molecule has 0 aliphatic heterocycles. The second-order valence-electron chi connectivity index (χ2n) is 5.17. The van der Waals surface area contributed by atoms with E-state index < -0.39 is 0 Å². The third-order valence-corrected chi connectivity index (χ3v) is 4.38. The maximum Gasteiger partial charge on any atom is 0.262 e. The zero-order valence-electron chi connectivity index (χ0n) is 12.7. The molecule has 0 aromatic heterocycles. The molecular formula is C17H17Br2NO2. The first-order valence-electron chi connectivity index (χ1n) is 6.82. The fourth-order valence-corrected chi connectivity index (χ4v) is 3.58. The molecular weight excluding hydrogens is 410 g/mol. The largest absolute Gasteiger partial charge is 0.482 e. The zero-order chi connectivity index (χ0) is 16.3. The van der Waals surface area contributed by atoms with Gasteiger partial charge in [0.05, 0.1) is 4.47 Å². The van der Waals surface area contributed by atoms with Gasteiger partial charge in [0.25, 0.3) is 5.91 Å². The molecule has 0 atom stereocenters. The molecule has 5 heteroatoms. The molecule has 0 bridgehead atoms. The first-order chi connectivity index (χ1) is 10.4. The van der Waals surface area contributed by atoms with Crippen LogP contribution in [-0.4, -0.2) is 12.5 Å². The number of nitrogens with one attached hydrogen (secondary N) is 1. The Hall–Kier alpha value is -1.33. The molecule has 0 saturated carbocycles. The summed E-state index contributed by atoms with van der Waals surface area (Å²) in [5, 5.41) is 2.84. The molecule has 1 amide bonds. The number of carbonyl (C=O) groups excluding carboxylic acids is 1. The van der Waals surface area contributed by atoms with E-state index in [-0.39, 0.29) is 12.5 Å². The highest BCUT2D eigenvalue weighted by Gasteiger charge is 2.10. The molecule has 0 aliphatic carbocycles. The van der Waals surface area contributed by atoms with Crippen molar-refractivity contribution in [2.45, 2.75) is 20.8 Å². The Morgan fingerprint density at radius 1 is 1.05 bits per heavy atom. The molecule has 0 unspecified atom stereocenters. The van der Waals surface area contributed by atoms with Gasteiger partial charge in [0.15, 0.2) is 6.61 Å². The van der Waals surface area contributed by atoms with E-state index in [0.717, 1.165) is 25.8 Å². The number of hydrogen-bond acceptors (Lipinski definition) is 2. The van der Waals surface area contributed by atoms with Crippen molar-refractivity contribution in [3.05, 3.63) is 56.0 Å². The van der Waals surface area contributed by atoms with Crippen LogP contribution in [0.2, 0.25) is 0 Å². The SMILES string of the molecule is Cc1ccc(NC(=O)COc2c(C)cc(Br)cc2Br)cc1C. The number of ether oxygens (including phenoxy) is 1. The van der Waals surface area contributed by atoms with Gasteiger partial charge in [0.2, 0.25) is 0 Å². The van der Waals surface area contributed by atoms with Gasteiger partial charge in [-0.2, -0.15) is 0 Å². The van der Waals surface area contributed by atoms with Crippen LogP contribution in [0.5, 0.6) is 5.75 Å². The lowest BCUT2D eigenvalue weighted by molar-refractivity contribution is -0.118. The second kappa shape index (κ2) is 7.29. The smallest absolute Gasteiger partial charge is 0.262 e. The molecule has 3 nitrogen and oxygen atoms in total. The van der Waals surface area contributed by atoms with Gasteiger partial charge in [-0.05, 0) is 77.7 Å². The molecule has 116 valence electrons. The Labute approximate surface area is 147 Å². The van der Waals surface area contributed by atoms with Crippen LogP contribution in [0.4, 0.5) is 5.69 Å². The van der Waals surface area contributed by atoms with E-state index in [0.29, 0.717) is 5.75 Å². The second-order valence-corrected chi connectivity index (χ2v) is 6.94. The number of halogens is 2. The van der Waals surface area contributed by atoms with E-state index in [1.165, 1.54) is 5.56 Å². The van der Waals surface area contributed by atoms with Crippen LogP contribution in [0.3, 0.4) is 0 Å². The van der Waals surface area contributed by atoms with Gasteiger partial charge in [0, 0.05) is 10.2 Å². The van der Waals surface area contributed by atoms with E-state index in [2.05, 4.69) is 37.2 Å². The molecule has 0 radical (unpaired) electrons. The van der Waals surface area contributed by atoms with Gasteiger partial charge in [0.1, 0.15) is 5.75 Å². The Balaban J connectivity index is 2.00. The maximum atomic E-state index is 12.0. The summed E-state index contributed by atoms with van der Waals surface area (Å²) in [6, 6.07) is 9.67. The van der Waals surface area contributed by atoms with Crippen molar-refractivity contribution in [1.29, 1.82) is 0 Å². The first-order valence-corrected chi connectivity index (χ1v) is 8.41. The standard InChI is InChI=1S/C17H17Br2NO2/c1-10-4-5-14(7-11(10)2)20-16(21)9-22-17-12(3)6-13(18)8-15(17)19/h4-8H,9H2,1-3H3,(H,20,21). The van der Waals surface area contributed by atoms with Crippen LogP contribution in [-0.2, 0) is 4.79 Å². The molecule has 0 saturated heterocycles. The van der Waals surface area contributed by atoms with E-state index in [1.54, 1.807) is 0 Å². The molecule has 22 heavy (non-hydrogen) atoms. The van der Waals surface area contributed by atoms with Crippen LogP contribution >= 0.6 is 31.9 Å². The van der Waals surface area contributed by atoms with Crippen molar-refractivity contribution in [3.63, 3.8) is 0 Å². The number of aryl methyl sites for hydroxylation is 3. The topological polar surface area (TPSA) is 38.3 Å². The molecule has 1 N–H and O–H groups in total. The molecule has 2 rings (SSSR count). The summed E-state index contributed by atoms with van der Waals surface area (Å²) in [6.07, 6.45) is 0. The molecule has 0 aliphatic rings. The van der Waals surface area contributed by atoms with Gasteiger partial charge >= 0.3 is 0 Å². The molecule has 2 aromatic rings. The summed E-state index contributed by atoms with van der Waals surface area (Å²) in [7, 11) is 0. The van der Waals surface area contributed by atoms with Crippen molar-refractivity contribution in [2.24, 2.45) is 0 Å². The average Bonchev–Trinajstić information content (AvgIpc) is 2.41. The Kier molecular flexibility index (Phi) is 5.64.